The molecule has 3 fully saturated rings. The fraction of sp³-hybridized carbons (Fsp3) is 0.889. The number of hydrogen-bond donors (Lipinski definition) is 2. The normalized spacial score (nSPS) is 26.3. The lowest BCUT2D eigenvalue weighted by molar-refractivity contribution is -0.124. The van der Waals surface area contributed by atoms with Gasteiger partial charge in [-0.15, -0.1) is 0 Å². The number of carbonyl (C=O) groups excluding carboxylic acids is 2. The van der Waals surface area contributed by atoms with E-state index < -0.39 is 5.60 Å². The molecule has 0 atom stereocenters. The summed E-state index contributed by atoms with van der Waals surface area (Å²) in [7, 11) is 0. The van der Waals surface area contributed by atoms with Gasteiger partial charge in [-0.1, -0.05) is 25.7 Å². The van der Waals surface area contributed by atoms with Crippen molar-refractivity contribution in [3.8, 4) is 0 Å². The van der Waals surface area contributed by atoms with Crippen LogP contribution in [0.3, 0.4) is 0 Å². The second-order valence-electron chi connectivity index (χ2n) is 8.62. The van der Waals surface area contributed by atoms with Crippen molar-refractivity contribution in [1.82, 2.24) is 15.5 Å². The molecule has 2 N–H and O–H groups in total. The lowest BCUT2D eigenvalue weighted by Gasteiger charge is -2.40. The van der Waals surface area contributed by atoms with Crippen LogP contribution >= 0.6 is 0 Å². The zero-order valence-corrected chi connectivity index (χ0v) is 15.2. The van der Waals surface area contributed by atoms with Gasteiger partial charge >= 0.3 is 6.09 Å². The smallest absolute Gasteiger partial charge is 0.410 e. The summed E-state index contributed by atoms with van der Waals surface area (Å²) in [5, 5.41) is 6.92. The summed E-state index contributed by atoms with van der Waals surface area (Å²) in [6, 6.07) is 0. The van der Waals surface area contributed by atoms with Crippen molar-refractivity contribution in [3.05, 3.63) is 0 Å². The number of piperidine rings is 1. The maximum Gasteiger partial charge on any atom is 0.410 e. The summed E-state index contributed by atoms with van der Waals surface area (Å²) in [5.74, 6) is 0.162. The van der Waals surface area contributed by atoms with Crippen molar-refractivity contribution in [1.29, 1.82) is 0 Å². The lowest BCUT2D eigenvalue weighted by Crippen LogP contribution is -2.60. The van der Waals surface area contributed by atoms with Crippen molar-refractivity contribution >= 4 is 12.0 Å². The molecule has 6 heteroatoms. The van der Waals surface area contributed by atoms with Crippen LogP contribution in [0.1, 0.15) is 72.1 Å². The molecule has 6 nitrogen and oxygen atoms in total. The van der Waals surface area contributed by atoms with Crippen molar-refractivity contribution in [2.75, 3.05) is 13.1 Å². The third-order valence-corrected chi connectivity index (χ3v) is 5.49. The van der Waals surface area contributed by atoms with Gasteiger partial charge in [-0.2, -0.15) is 0 Å². The molecule has 2 amide bonds. The average molecular weight is 337 g/mol. The maximum absolute atomic E-state index is 12.7. The maximum atomic E-state index is 12.7. The van der Waals surface area contributed by atoms with E-state index in [0.29, 0.717) is 13.1 Å². The Kier molecular flexibility index (Phi) is 4.53. The SMILES string of the molecule is CC(C)(C)OC(=O)N1CCC2(CC1)NC(=O)C1(CCCCCC1)N2. The summed E-state index contributed by atoms with van der Waals surface area (Å²) in [5.41, 5.74) is -1.21. The zero-order valence-electron chi connectivity index (χ0n) is 15.2. The summed E-state index contributed by atoms with van der Waals surface area (Å²) >= 11 is 0. The van der Waals surface area contributed by atoms with Gasteiger partial charge in [-0.25, -0.2) is 4.79 Å². The van der Waals surface area contributed by atoms with E-state index in [1.54, 1.807) is 4.90 Å². The van der Waals surface area contributed by atoms with Crippen molar-refractivity contribution in [3.63, 3.8) is 0 Å². The van der Waals surface area contributed by atoms with E-state index in [-0.39, 0.29) is 23.2 Å². The molecule has 0 bridgehead atoms. The molecule has 3 rings (SSSR count). The Hall–Kier alpha value is -1.30. The van der Waals surface area contributed by atoms with E-state index >= 15 is 0 Å². The number of carbonyl (C=O) groups is 2. The highest BCUT2D eigenvalue weighted by Gasteiger charge is 2.54. The molecular formula is C18H31N3O3. The second kappa shape index (κ2) is 6.21. The number of amides is 2. The van der Waals surface area contributed by atoms with Crippen molar-refractivity contribution in [2.45, 2.75) is 88.9 Å². The molecule has 136 valence electrons. The Balaban J connectivity index is 1.62. The van der Waals surface area contributed by atoms with Crippen LogP contribution in [0.5, 0.6) is 0 Å². The van der Waals surface area contributed by atoms with Gasteiger partial charge < -0.3 is 15.0 Å². The minimum Gasteiger partial charge on any atom is -0.444 e. The molecule has 0 aromatic heterocycles. The van der Waals surface area contributed by atoms with Crippen molar-refractivity contribution in [2.24, 2.45) is 0 Å². The number of ether oxygens (including phenoxy) is 1. The first-order valence-corrected chi connectivity index (χ1v) is 9.34. The molecular weight excluding hydrogens is 306 g/mol. The molecule has 24 heavy (non-hydrogen) atoms. The first-order chi connectivity index (χ1) is 11.2. The standard InChI is InChI=1S/C18H31N3O3/c1-16(2,3)24-15(23)21-12-10-18(11-13-21)19-14(22)17(20-18)8-6-4-5-7-9-17/h20H,4-13H2,1-3H3,(H,19,22). The highest BCUT2D eigenvalue weighted by molar-refractivity contribution is 5.89. The summed E-state index contributed by atoms with van der Waals surface area (Å²) in [4.78, 5) is 26.7. The summed E-state index contributed by atoms with van der Waals surface area (Å²) < 4.78 is 5.45. The highest BCUT2D eigenvalue weighted by atomic mass is 16.6. The van der Waals surface area contributed by atoms with E-state index in [2.05, 4.69) is 10.6 Å². The number of likely N-dealkylation sites (tertiary alicyclic amines) is 1. The highest BCUT2D eigenvalue weighted by Crippen LogP contribution is 2.36. The van der Waals surface area contributed by atoms with Crippen molar-refractivity contribution < 1.29 is 14.3 Å². The van der Waals surface area contributed by atoms with E-state index in [1.807, 2.05) is 20.8 Å². The first-order valence-electron chi connectivity index (χ1n) is 9.34. The fourth-order valence-corrected chi connectivity index (χ4v) is 4.21. The predicted octanol–water partition coefficient (Wildman–Crippen LogP) is 2.53. The van der Waals surface area contributed by atoms with E-state index in [0.717, 1.165) is 38.5 Å². The predicted molar refractivity (Wildman–Crippen MR) is 91.5 cm³/mol. The Morgan fingerprint density at radius 1 is 1.04 bits per heavy atom. The van der Waals surface area contributed by atoms with Crippen LogP contribution in [0.15, 0.2) is 0 Å². The minimum atomic E-state index is -0.476. The molecule has 2 aliphatic heterocycles. The van der Waals surface area contributed by atoms with Crippen LogP contribution in [0.4, 0.5) is 4.79 Å². The minimum absolute atomic E-state index is 0.162. The van der Waals surface area contributed by atoms with Crippen LogP contribution in [-0.2, 0) is 9.53 Å². The Morgan fingerprint density at radius 2 is 1.62 bits per heavy atom. The lowest BCUT2D eigenvalue weighted by atomic mass is 9.89. The molecule has 0 aromatic rings. The quantitative estimate of drug-likeness (QED) is 0.712. The molecule has 0 aromatic carbocycles. The van der Waals surface area contributed by atoms with E-state index in [9.17, 15) is 9.59 Å². The Bertz CT molecular complexity index is 496. The van der Waals surface area contributed by atoms with Crippen LogP contribution in [0.25, 0.3) is 0 Å². The third kappa shape index (κ3) is 3.53. The molecule has 0 unspecified atom stereocenters. The van der Waals surface area contributed by atoms with Gasteiger partial charge in [0.15, 0.2) is 0 Å². The molecule has 2 saturated heterocycles. The van der Waals surface area contributed by atoms with Gasteiger partial charge in [0.05, 0.1) is 11.2 Å². The largest absolute Gasteiger partial charge is 0.444 e. The molecule has 2 heterocycles. The van der Waals surface area contributed by atoms with Gasteiger partial charge in [-0.05, 0) is 33.6 Å². The summed E-state index contributed by atoms with van der Waals surface area (Å²) in [6.07, 6.45) is 7.73. The van der Waals surface area contributed by atoms with E-state index in [1.165, 1.54) is 12.8 Å². The number of hydrogen-bond acceptors (Lipinski definition) is 4. The van der Waals surface area contributed by atoms with Gasteiger partial charge in [-0.3, -0.25) is 10.1 Å². The van der Waals surface area contributed by atoms with Gasteiger partial charge in [0.2, 0.25) is 5.91 Å². The summed E-state index contributed by atoms with van der Waals surface area (Å²) in [6.45, 7) is 6.86. The zero-order chi connectivity index (χ0) is 17.4. The van der Waals surface area contributed by atoms with Crippen LogP contribution in [-0.4, -0.2) is 46.8 Å². The fourth-order valence-electron chi connectivity index (χ4n) is 4.21. The number of rotatable bonds is 0. The molecule has 3 aliphatic rings. The van der Waals surface area contributed by atoms with Gasteiger partial charge in [0.25, 0.3) is 0 Å². The first kappa shape index (κ1) is 17.5. The number of nitrogens with one attached hydrogen (secondary N) is 2. The van der Waals surface area contributed by atoms with E-state index in [4.69, 9.17) is 4.74 Å². The Labute approximate surface area is 144 Å². The molecule has 1 saturated carbocycles. The monoisotopic (exact) mass is 337 g/mol. The molecule has 0 radical (unpaired) electrons. The number of nitrogens with zero attached hydrogens (tertiary/aromatic N) is 1. The molecule has 1 aliphatic carbocycles. The van der Waals surface area contributed by atoms with Crippen LogP contribution < -0.4 is 10.6 Å². The van der Waals surface area contributed by atoms with Crippen LogP contribution in [0.2, 0.25) is 0 Å². The average Bonchev–Trinajstić information content (AvgIpc) is 2.64. The molecule has 2 spiro atoms. The van der Waals surface area contributed by atoms with Crippen LogP contribution in [0, 0.1) is 0 Å². The topological polar surface area (TPSA) is 70.7 Å². The second-order valence-corrected chi connectivity index (χ2v) is 8.62. The third-order valence-electron chi connectivity index (χ3n) is 5.49. The Morgan fingerprint density at radius 3 is 2.17 bits per heavy atom. The van der Waals surface area contributed by atoms with Gasteiger partial charge in [0.1, 0.15) is 5.60 Å². The van der Waals surface area contributed by atoms with Gasteiger partial charge in [0, 0.05) is 25.9 Å².